The molecule has 0 radical (unpaired) electrons. The number of carbonyl (C=O) groups is 1. The van der Waals surface area contributed by atoms with Gasteiger partial charge in [-0.25, -0.2) is 9.48 Å². The SMILES string of the molecule is Cc1c(C(=O)O)nnn1Cc1cc(-c2ccccc2)no1. The van der Waals surface area contributed by atoms with Gasteiger partial charge in [-0.2, -0.15) is 0 Å². The number of hydrogen-bond acceptors (Lipinski definition) is 5. The van der Waals surface area contributed by atoms with Gasteiger partial charge in [0, 0.05) is 11.6 Å². The van der Waals surface area contributed by atoms with Crippen LogP contribution in [-0.2, 0) is 6.54 Å². The number of aromatic carboxylic acids is 1. The summed E-state index contributed by atoms with van der Waals surface area (Å²) in [6.07, 6.45) is 0. The summed E-state index contributed by atoms with van der Waals surface area (Å²) in [5, 5.41) is 20.4. The van der Waals surface area contributed by atoms with Crippen LogP contribution in [0.5, 0.6) is 0 Å². The van der Waals surface area contributed by atoms with Gasteiger partial charge in [0.2, 0.25) is 0 Å². The van der Waals surface area contributed by atoms with E-state index in [4.69, 9.17) is 9.63 Å². The van der Waals surface area contributed by atoms with Gasteiger partial charge in [0.25, 0.3) is 0 Å². The van der Waals surface area contributed by atoms with E-state index >= 15 is 0 Å². The maximum Gasteiger partial charge on any atom is 0.358 e. The van der Waals surface area contributed by atoms with Crippen LogP contribution in [-0.4, -0.2) is 31.2 Å². The van der Waals surface area contributed by atoms with Crippen LogP contribution in [0.3, 0.4) is 0 Å². The minimum absolute atomic E-state index is 0.0576. The molecular formula is C14H12N4O3. The first-order chi connectivity index (χ1) is 10.1. The Hall–Kier alpha value is -2.96. The van der Waals surface area contributed by atoms with E-state index in [0.717, 1.165) is 11.3 Å². The molecule has 0 aliphatic rings. The predicted octanol–water partition coefficient (Wildman–Crippen LogP) is 1.99. The normalized spacial score (nSPS) is 10.7. The van der Waals surface area contributed by atoms with Gasteiger partial charge in [0.1, 0.15) is 12.2 Å². The zero-order valence-electron chi connectivity index (χ0n) is 11.2. The van der Waals surface area contributed by atoms with Gasteiger partial charge in [-0.15, -0.1) is 5.10 Å². The molecule has 0 spiro atoms. The number of carboxylic acids is 1. The summed E-state index contributed by atoms with van der Waals surface area (Å²) in [4.78, 5) is 10.9. The molecule has 7 nitrogen and oxygen atoms in total. The third-order valence-electron chi connectivity index (χ3n) is 3.12. The zero-order chi connectivity index (χ0) is 14.8. The molecule has 0 aliphatic heterocycles. The lowest BCUT2D eigenvalue weighted by Crippen LogP contribution is -2.05. The average molecular weight is 284 g/mol. The molecular weight excluding hydrogens is 272 g/mol. The number of carboxylic acid groups (broad SMARTS) is 1. The van der Waals surface area contributed by atoms with Crippen molar-refractivity contribution in [3.05, 3.63) is 53.5 Å². The minimum atomic E-state index is -1.10. The predicted molar refractivity (Wildman–Crippen MR) is 72.8 cm³/mol. The monoisotopic (exact) mass is 284 g/mol. The van der Waals surface area contributed by atoms with Gasteiger partial charge in [-0.1, -0.05) is 40.7 Å². The van der Waals surface area contributed by atoms with Crippen molar-refractivity contribution in [3.63, 3.8) is 0 Å². The Morgan fingerprint density at radius 2 is 2.10 bits per heavy atom. The molecule has 0 bridgehead atoms. The van der Waals surface area contributed by atoms with E-state index in [2.05, 4.69) is 15.5 Å². The first kappa shape index (κ1) is 13.0. The zero-order valence-corrected chi connectivity index (χ0v) is 11.2. The Morgan fingerprint density at radius 3 is 2.76 bits per heavy atom. The molecule has 2 aromatic heterocycles. The van der Waals surface area contributed by atoms with Crippen molar-refractivity contribution < 1.29 is 14.4 Å². The molecule has 2 heterocycles. The molecule has 0 atom stereocenters. The molecule has 106 valence electrons. The van der Waals surface area contributed by atoms with Crippen LogP contribution in [0, 0.1) is 6.92 Å². The standard InChI is InChI=1S/C14H12N4O3/c1-9-13(14(19)20)15-17-18(9)8-11-7-12(16-21-11)10-5-3-2-4-6-10/h2-7H,8H2,1H3,(H,19,20). The van der Waals surface area contributed by atoms with E-state index in [0.29, 0.717) is 11.5 Å². The third-order valence-corrected chi connectivity index (χ3v) is 3.12. The number of benzene rings is 1. The molecule has 1 aromatic carbocycles. The molecule has 0 unspecified atom stereocenters. The molecule has 3 aromatic rings. The van der Waals surface area contributed by atoms with E-state index < -0.39 is 5.97 Å². The van der Waals surface area contributed by atoms with Crippen molar-refractivity contribution in [1.29, 1.82) is 0 Å². The molecule has 21 heavy (non-hydrogen) atoms. The second-order valence-electron chi connectivity index (χ2n) is 4.53. The molecule has 0 aliphatic carbocycles. The second-order valence-corrected chi connectivity index (χ2v) is 4.53. The van der Waals surface area contributed by atoms with Crippen LogP contribution < -0.4 is 0 Å². The number of nitrogens with zero attached hydrogens (tertiary/aromatic N) is 4. The Bertz CT molecular complexity index is 777. The second kappa shape index (κ2) is 5.20. The van der Waals surface area contributed by atoms with Crippen LogP contribution in [0.1, 0.15) is 21.9 Å². The number of rotatable bonds is 4. The Labute approximate surface area is 119 Å². The minimum Gasteiger partial charge on any atom is -0.476 e. The van der Waals surface area contributed by atoms with Crippen molar-refractivity contribution in [3.8, 4) is 11.3 Å². The highest BCUT2D eigenvalue weighted by Crippen LogP contribution is 2.19. The van der Waals surface area contributed by atoms with Gasteiger partial charge in [0.15, 0.2) is 11.5 Å². The fourth-order valence-corrected chi connectivity index (χ4v) is 1.99. The van der Waals surface area contributed by atoms with E-state index in [1.807, 2.05) is 30.3 Å². The van der Waals surface area contributed by atoms with Crippen LogP contribution in [0.25, 0.3) is 11.3 Å². The largest absolute Gasteiger partial charge is 0.476 e. The third kappa shape index (κ3) is 2.53. The lowest BCUT2D eigenvalue weighted by molar-refractivity contribution is 0.0689. The molecule has 0 saturated carbocycles. The first-order valence-electron chi connectivity index (χ1n) is 6.29. The Morgan fingerprint density at radius 1 is 1.33 bits per heavy atom. The van der Waals surface area contributed by atoms with Crippen molar-refractivity contribution >= 4 is 5.97 Å². The highest BCUT2D eigenvalue weighted by Gasteiger charge is 2.16. The van der Waals surface area contributed by atoms with Gasteiger partial charge < -0.3 is 9.63 Å². The van der Waals surface area contributed by atoms with Gasteiger partial charge in [-0.3, -0.25) is 0 Å². The van der Waals surface area contributed by atoms with E-state index in [-0.39, 0.29) is 12.2 Å². The van der Waals surface area contributed by atoms with Gasteiger partial charge in [0.05, 0.1) is 5.69 Å². The van der Waals surface area contributed by atoms with Crippen molar-refractivity contribution in [2.24, 2.45) is 0 Å². The fourth-order valence-electron chi connectivity index (χ4n) is 1.99. The van der Waals surface area contributed by atoms with E-state index in [1.165, 1.54) is 4.68 Å². The quantitative estimate of drug-likeness (QED) is 0.787. The van der Waals surface area contributed by atoms with Crippen molar-refractivity contribution in [1.82, 2.24) is 20.2 Å². The Balaban J connectivity index is 1.84. The lowest BCUT2D eigenvalue weighted by Gasteiger charge is -1.98. The summed E-state index contributed by atoms with van der Waals surface area (Å²) in [5.74, 6) is -0.514. The molecule has 0 fully saturated rings. The maximum absolute atomic E-state index is 10.9. The van der Waals surface area contributed by atoms with E-state index in [9.17, 15) is 4.79 Å². The Kier molecular flexibility index (Phi) is 3.23. The van der Waals surface area contributed by atoms with Crippen molar-refractivity contribution in [2.75, 3.05) is 0 Å². The topological polar surface area (TPSA) is 94.0 Å². The van der Waals surface area contributed by atoms with Gasteiger partial charge in [-0.05, 0) is 6.92 Å². The van der Waals surface area contributed by atoms with Crippen LogP contribution in [0.4, 0.5) is 0 Å². The fraction of sp³-hybridized carbons (Fsp3) is 0.143. The van der Waals surface area contributed by atoms with Crippen molar-refractivity contribution in [2.45, 2.75) is 13.5 Å². The van der Waals surface area contributed by atoms with E-state index in [1.54, 1.807) is 13.0 Å². The molecule has 3 rings (SSSR count). The highest BCUT2D eigenvalue weighted by atomic mass is 16.5. The number of aromatic nitrogens is 4. The summed E-state index contributed by atoms with van der Waals surface area (Å²) in [6, 6.07) is 11.4. The molecule has 0 amide bonds. The smallest absolute Gasteiger partial charge is 0.358 e. The van der Waals surface area contributed by atoms with Gasteiger partial charge >= 0.3 is 5.97 Å². The maximum atomic E-state index is 10.9. The summed E-state index contributed by atoms with van der Waals surface area (Å²) >= 11 is 0. The first-order valence-corrected chi connectivity index (χ1v) is 6.29. The summed E-state index contributed by atoms with van der Waals surface area (Å²) < 4.78 is 6.73. The van der Waals surface area contributed by atoms with Crippen LogP contribution in [0.2, 0.25) is 0 Å². The average Bonchev–Trinajstić information content (AvgIpc) is 3.08. The summed E-state index contributed by atoms with van der Waals surface area (Å²) in [7, 11) is 0. The lowest BCUT2D eigenvalue weighted by atomic mass is 10.1. The number of hydrogen-bond donors (Lipinski definition) is 1. The molecule has 1 N–H and O–H groups in total. The highest BCUT2D eigenvalue weighted by molar-refractivity contribution is 5.86. The van der Waals surface area contributed by atoms with Crippen LogP contribution in [0.15, 0.2) is 40.9 Å². The molecule has 7 heteroatoms. The summed E-state index contributed by atoms with van der Waals surface area (Å²) in [5.41, 5.74) is 2.09. The molecule has 0 saturated heterocycles. The summed E-state index contributed by atoms with van der Waals surface area (Å²) in [6.45, 7) is 1.93. The van der Waals surface area contributed by atoms with Crippen LogP contribution >= 0.6 is 0 Å².